The summed E-state index contributed by atoms with van der Waals surface area (Å²) in [7, 11) is 0. The van der Waals surface area contributed by atoms with Crippen LogP contribution in [0.3, 0.4) is 0 Å². The summed E-state index contributed by atoms with van der Waals surface area (Å²) in [6.07, 6.45) is 4.27. The van der Waals surface area contributed by atoms with Crippen LogP contribution in [-0.2, 0) is 0 Å². The van der Waals surface area contributed by atoms with Crippen molar-refractivity contribution in [3.8, 4) is 0 Å². The lowest BCUT2D eigenvalue weighted by molar-refractivity contribution is 0.387. The molecule has 1 aromatic heterocycles. The molecule has 2 aromatic carbocycles. The highest BCUT2D eigenvalue weighted by atomic mass is 32.1. The minimum Gasteiger partial charge on any atom is -0.460 e. The second kappa shape index (κ2) is 5.47. The third-order valence-corrected chi connectivity index (χ3v) is 5.25. The average Bonchev–Trinajstić information content (AvgIpc) is 2.55. The predicted octanol–water partition coefficient (Wildman–Crippen LogP) is 4.90. The topological polar surface area (TPSA) is 30.2 Å². The Balaban J connectivity index is 1.90. The molecule has 1 saturated carbocycles. The van der Waals surface area contributed by atoms with Crippen molar-refractivity contribution < 1.29 is 4.42 Å². The number of benzene rings is 2. The standard InChI is InChI=1S/C19H18O2S/c20-17-11-18(13-5-8-14(22)9-6-13)21-19-15-4-2-1-3-12(15)7-10-16(17)19/h1-4,7,10-11,13-14,22H,5-6,8-9H2. The van der Waals surface area contributed by atoms with Crippen LogP contribution in [-0.4, -0.2) is 5.25 Å². The van der Waals surface area contributed by atoms with E-state index in [4.69, 9.17) is 4.42 Å². The third kappa shape index (κ3) is 2.34. The van der Waals surface area contributed by atoms with Crippen LogP contribution in [0.1, 0.15) is 37.4 Å². The molecular formula is C19H18O2S. The summed E-state index contributed by atoms with van der Waals surface area (Å²) >= 11 is 4.55. The quantitative estimate of drug-likeness (QED) is 0.512. The smallest absolute Gasteiger partial charge is 0.192 e. The van der Waals surface area contributed by atoms with Crippen LogP contribution in [0.4, 0.5) is 0 Å². The van der Waals surface area contributed by atoms with Crippen molar-refractivity contribution >= 4 is 34.4 Å². The summed E-state index contributed by atoms with van der Waals surface area (Å²) in [5, 5.41) is 3.28. The molecule has 1 aliphatic carbocycles. The highest BCUT2D eigenvalue weighted by Crippen LogP contribution is 2.36. The van der Waals surface area contributed by atoms with Crippen molar-refractivity contribution in [3.05, 3.63) is 58.4 Å². The summed E-state index contributed by atoms with van der Waals surface area (Å²) < 4.78 is 6.21. The molecule has 1 aliphatic rings. The number of rotatable bonds is 1. The van der Waals surface area contributed by atoms with Gasteiger partial charge in [0.2, 0.25) is 0 Å². The molecule has 0 amide bonds. The fraction of sp³-hybridized carbons (Fsp3) is 0.316. The predicted molar refractivity (Wildman–Crippen MR) is 94.0 cm³/mol. The van der Waals surface area contributed by atoms with Gasteiger partial charge in [0.25, 0.3) is 0 Å². The molecule has 112 valence electrons. The Kier molecular flexibility index (Phi) is 3.45. The van der Waals surface area contributed by atoms with Crippen molar-refractivity contribution in [1.29, 1.82) is 0 Å². The van der Waals surface area contributed by atoms with Gasteiger partial charge in [-0.15, -0.1) is 0 Å². The fourth-order valence-corrected chi connectivity index (χ4v) is 3.76. The summed E-state index contributed by atoms with van der Waals surface area (Å²) in [6.45, 7) is 0. The van der Waals surface area contributed by atoms with Crippen LogP contribution in [0.25, 0.3) is 21.7 Å². The highest BCUT2D eigenvalue weighted by Gasteiger charge is 2.23. The Morgan fingerprint density at radius 2 is 1.73 bits per heavy atom. The van der Waals surface area contributed by atoms with Crippen molar-refractivity contribution in [2.75, 3.05) is 0 Å². The molecule has 22 heavy (non-hydrogen) atoms. The Bertz CT molecular complexity index is 889. The molecule has 3 aromatic rings. The molecule has 1 heterocycles. The van der Waals surface area contributed by atoms with Gasteiger partial charge in [-0.3, -0.25) is 4.79 Å². The maximum Gasteiger partial charge on any atom is 0.192 e. The minimum atomic E-state index is 0.0648. The lowest BCUT2D eigenvalue weighted by Crippen LogP contribution is -2.14. The number of fused-ring (bicyclic) bond motifs is 3. The van der Waals surface area contributed by atoms with Gasteiger partial charge in [-0.25, -0.2) is 0 Å². The van der Waals surface area contributed by atoms with E-state index in [0.29, 0.717) is 16.6 Å². The summed E-state index contributed by atoms with van der Waals surface area (Å²) in [6, 6.07) is 13.6. The molecule has 1 fully saturated rings. The van der Waals surface area contributed by atoms with Gasteiger partial charge in [0.1, 0.15) is 11.3 Å². The summed E-state index contributed by atoms with van der Waals surface area (Å²) in [5.74, 6) is 1.19. The van der Waals surface area contributed by atoms with Crippen LogP contribution in [0.2, 0.25) is 0 Å². The van der Waals surface area contributed by atoms with E-state index in [1.54, 1.807) is 6.07 Å². The Labute approximate surface area is 134 Å². The molecule has 0 unspecified atom stereocenters. The normalized spacial score (nSPS) is 22.2. The van der Waals surface area contributed by atoms with E-state index in [1.165, 1.54) is 0 Å². The first-order valence-corrected chi connectivity index (χ1v) is 8.37. The maximum absolute atomic E-state index is 12.5. The molecule has 0 bridgehead atoms. The first-order valence-electron chi connectivity index (χ1n) is 7.86. The van der Waals surface area contributed by atoms with E-state index < -0.39 is 0 Å². The van der Waals surface area contributed by atoms with E-state index in [2.05, 4.69) is 12.6 Å². The summed E-state index contributed by atoms with van der Waals surface area (Å²) in [4.78, 5) is 12.5. The molecule has 0 spiro atoms. The molecule has 0 aliphatic heterocycles. The van der Waals surface area contributed by atoms with E-state index in [0.717, 1.165) is 47.8 Å². The molecule has 2 nitrogen and oxygen atoms in total. The third-order valence-electron chi connectivity index (χ3n) is 4.74. The first-order chi connectivity index (χ1) is 10.7. The average molecular weight is 310 g/mol. The SMILES string of the molecule is O=c1cc(C2CCC(S)CC2)oc2c1ccc1ccccc12. The van der Waals surface area contributed by atoms with Gasteiger partial charge in [0, 0.05) is 22.6 Å². The van der Waals surface area contributed by atoms with Crippen molar-refractivity contribution in [2.45, 2.75) is 36.9 Å². The Morgan fingerprint density at radius 1 is 0.955 bits per heavy atom. The Morgan fingerprint density at radius 3 is 2.55 bits per heavy atom. The summed E-state index contributed by atoms with van der Waals surface area (Å²) in [5.41, 5.74) is 0.795. The van der Waals surface area contributed by atoms with Gasteiger partial charge >= 0.3 is 0 Å². The van der Waals surface area contributed by atoms with Crippen LogP contribution in [0, 0.1) is 0 Å². The second-order valence-corrected chi connectivity index (χ2v) is 6.91. The lowest BCUT2D eigenvalue weighted by Gasteiger charge is -2.24. The van der Waals surface area contributed by atoms with Gasteiger partial charge in [-0.1, -0.05) is 30.3 Å². The number of thiol groups is 1. The molecule has 0 radical (unpaired) electrons. The van der Waals surface area contributed by atoms with E-state index in [9.17, 15) is 4.79 Å². The van der Waals surface area contributed by atoms with Crippen LogP contribution < -0.4 is 5.43 Å². The zero-order valence-corrected chi connectivity index (χ0v) is 13.2. The number of hydrogen-bond acceptors (Lipinski definition) is 3. The molecule has 4 rings (SSSR count). The molecule has 3 heteroatoms. The van der Waals surface area contributed by atoms with E-state index in [-0.39, 0.29) is 5.43 Å². The minimum absolute atomic E-state index is 0.0648. The van der Waals surface area contributed by atoms with Crippen LogP contribution in [0.5, 0.6) is 0 Å². The lowest BCUT2D eigenvalue weighted by atomic mass is 9.87. The molecule has 0 N–H and O–H groups in total. The van der Waals surface area contributed by atoms with Gasteiger partial charge in [0.05, 0.1) is 5.39 Å². The fourth-order valence-electron chi connectivity index (χ4n) is 3.46. The van der Waals surface area contributed by atoms with E-state index >= 15 is 0 Å². The zero-order valence-electron chi connectivity index (χ0n) is 12.3. The Hall–Kier alpha value is -1.74. The van der Waals surface area contributed by atoms with Crippen LogP contribution in [0.15, 0.2) is 51.7 Å². The molecule has 0 saturated heterocycles. The first kappa shape index (κ1) is 13.9. The van der Waals surface area contributed by atoms with Crippen molar-refractivity contribution in [1.82, 2.24) is 0 Å². The maximum atomic E-state index is 12.5. The van der Waals surface area contributed by atoms with E-state index in [1.807, 2.05) is 36.4 Å². The van der Waals surface area contributed by atoms with Gasteiger partial charge in [-0.05, 0) is 37.1 Å². The van der Waals surface area contributed by atoms with Crippen molar-refractivity contribution in [2.24, 2.45) is 0 Å². The largest absolute Gasteiger partial charge is 0.460 e. The van der Waals surface area contributed by atoms with Gasteiger partial charge < -0.3 is 4.42 Å². The number of hydrogen-bond donors (Lipinski definition) is 1. The molecular weight excluding hydrogens is 292 g/mol. The van der Waals surface area contributed by atoms with Gasteiger partial charge in [-0.2, -0.15) is 12.6 Å². The monoisotopic (exact) mass is 310 g/mol. The van der Waals surface area contributed by atoms with Gasteiger partial charge in [0.15, 0.2) is 5.43 Å². The second-order valence-electron chi connectivity index (χ2n) is 6.18. The zero-order chi connectivity index (χ0) is 15.1. The van der Waals surface area contributed by atoms with Crippen molar-refractivity contribution in [3.63, 3.8) is 0 Å². The van der Waals surface area contributed by atoms with Crippen LogP contribution >= 0.6 is 12.6 Å². The molecule has 0 atom stereocenters. The highest BCUT2D eigenvalue weighted by molar-refractivity contribution is 7.80.